The number of nitrogens with zero attached hydrogens (tertiary/aromatic N) is 1. The lowest BCUT2D eigenvalue weighted by Gasteiger charge is -2.15. The summed E-state index contributed by atoms with van der Waals surface area (Å²) in [7, 11) is -1.03. The van der Waals surface area contributed by atoms with E-state index in [4.69, 9.17) is 9.05 Å². The van der Waals surface area contributed by atoms with Gasteiger partial charge in [-0.1, -0.05) is 6.92 Å². The van der Waals surface area contributed by atoms with Gasteiger partial charge < -0.3 is 4.98 Å². The van der Waals surface area contributed by atoms with E-state index in [9.17, 15) is 9.36 Å². The van der Waals surface area contributed by atoms with Gasteiger partial charge in [-0.3, -0.25) is 9.05 Å². The maximum absolute atomic E-state index is 11.9. The first-order chi connectivity index (χ1) is 6.59. The minimum Gasteiger partial charge on any atom is -0.312 e. The molecule has 0 aromatic carbocycles. The average Bonchev–Trinajstić information content (AvgIpc) is 2.59. The molecule has 6 nitrogen and oxygen atoms in total. The first-order valence-electron chi connectivity index (χ1n) is 4.10. The molecule has 0 aliphatic carbocycles. The molecule has 0 unspecified atom stereocenters. The van der Waals surface area contributed by atoms with Crippen molar-refractivity contribution < 1.29 is 13.6 Å². The summed E-state index contributed by atoms with van der Waals surface area (Å²) in [5, 5.41) is 0. The second kappa shape index (κ2) is 4.13. The van der Waals surface area contributed by atoms with Crippen LogP contribution in [0, 0.1) is 0 Å². The van der Waals surface area contributed by atoms with Crippen LogP contribution in [0.4, 0.5) is 0 Å². The third kappa shape index (κ3) is 1.68. The second-order valence-corrected chi connectivity index (χ2v) is 4.65. The first-order valence-corrected chi connectivity index (χ1v) is 5.60. The van der Waals surface area contributed by atoms with Gasteiger partial charge >= 0.3 is 13.4 Å². The Kier molecular flexibility index (Phi) is 3.31. The minimum atomic E-state index is -3.50. The highest BCUT2D eigenvalue weighted by molar-refractivity contribution is 7.52. The molecule has 80 valence electrons. The summed E-state index contributed by atoms with van der Waals surface area (Å²) in [4.78, 5) is 13.8. The van der Waals surface area contributed by atoms with Crippen LogP contribution in [-0.2, 0) is 20.0 Å². The molecule has 0 saturated carbocycles. The molecule has 1 N–H and O–H groups in total. The van der Waals surface area contributed by atoms with Crippen molar-refractivity contribution in [1.29, 1.82) is 0 Å². The van der Waals surface area contributed by atoms with E-state index in [-0.39, 0.29) is 0 Å². The fourth-order valence-corrected chi connectivity index (χ4v) is 2.43. The lowest BCUT2D eigenvalue weighted by molar-refractivity contribution is 0.265. The summed E-state index contributed by atoms with van der Waals surface area (Å²) in [6.45, 7) is 1.84. The maximum atomic E-state index is 11.9. The molecule has 1 rings (SSSR count). The van der Waals surface area contributed by atoms with E-state index in [0.29, 0.717) is 12.1 Å². The fourth-order valence-electron chi connectivity index (χ4n) is 1.16. The number of imidazole rings is 1. The Labute approximate surface area is 81.4 Å². The van der Waals surface area contributed by atoms with Crippen LogP contribution in [0.1, 0.15) is 12.6 Å². The van der Waals surface area contributed by atoms with E-state index in [0.717, 1.165) is 4.34 Å². The predicted molar refractivity (Wildman–Crippen MR) is 51.5 cm³/mol. The minimum absolute atomic E-state index is 0.492. The fraction of sp³-hybridized carbons (Fsp3) is 0.571. The molecule has 0 bridgehead atoms. The Morgan fingerprint density at radius 1 is 1.50 bits per heavy atom. The highest BCUT2D eigenvalue weighted by Crippen LogP contribution is 2.47. The Hall–Kier alpha value is -0.840. The summed E-state index contributed by atoms with van der Waals surface area (Å²) in [6, 6.07) is 0. The molecule has 1 heterocycles. The van der Waals surface area contributed by atoms with Gasteiger partial charge in [0.15, 0.2) is 0 Å². The zero-order valence-electron chi connectivity index (χ0n) is 8.31. The normalized spacial score (nSPS) is 11.9. The van der Waals surface area contributed by atoms with E-state index in [1.807, 2.05) is 6.92 Å². The van der Waals surface area contributed by atoms with Gasteiger partial charge in [0.1, 0.15) is 0 Å². The van der Waals surface area contributed by atoms with Gasteiger partial charge in [-0.15, -0.1) is 0 Å². The largest absolute Gasteiger partial charge is 0.442 e. The van der Waals surface area contributed by atoms with Crippen molar-refractivity contribution in [3.05, 3.63) is 22.4 Å². The van der Waals surface area contributed by atoms with Crippen LogP contribution < -0.4 is 5.69 Å². The van der Waals surface area contributed by atoms with Crippen LogP contribution in [0.5, 0.6) is 0 Å². The van der Waals surface area contributed by atoms with Crippen LogP contribution in [0.25, 0.3) is 0 Å². The smallest absolute Gasteiger partial charge is 0.312 e. The van der Waals surface area contributed by atoms with Crippen molar-refractivity contribution >= 4 is 7.75 Å². The number of nitrogens with one attached hydrogen (secondary N) is 1. The molecule has 0 fully saturated rings. The second-order valence-electron chi connectivity index (χ2n) is 2.58. The number of aromatic nitrogens is 2. The molecule has 1 aromatic heterocycles. The number of hydrogen-bond donors (Lipinski definition) is 1. The third-order valence-electron chi connectivity index (χ3n) is 1.90. The van der Waals surface area contributed by atoms with Gasteiger partial charge in [0.05, 0.1) is 0 Å². The molecule has 0 saturated heterocycles. The van der Waals surface area contributed by atoms with E-state index >= 15 is 0 Å². The van der Waals surface area contributed by atoms with Gasteiger partial charge in [0, 0.05) is 26.1 Å². The summed E-state index contributed by atoms with van der Waals surface area (Å²) >= 11 is 0. The van der Waals surface area contributed by atoms with Crippen molar-refractivity contribution in [3.63, 3.8) is 0 Å². The predicted octanol–water partition coefficient (Wildman–Crippen LogP) is 0.988. The van der Waals surface area contributed by atoms with Gasteiger partial charge in [-0.05, 0) is 6.42 Å². The molecule has 0 spiro atoms. The molecule has 0 atom stereocenters. The molecule has 0 aliphatic rings. The lowest BCUT2D eigenvalue weighted by atomic mass is 10.4. The Morgan fingerprint density at radius 2 is 2.07 bits per heavy atom. The molecule has 14 heavy (non-hydrogen) atoms. The van der Waals surface area contributed by atoms with Crippen molar-refractivity contribution in [2.24, 2.45) is 0 Å². The summed E-state index contributed by atoms with van der Waals surface area (Å²) in [5.41, 5.74) is 0.0934. The molecule has 1 aromatic rings. The highest BCUT2D eigenvalue weighted by atomic mass is 31.2. The Morgan fingerprint density at radius 3 is 2.50 bits per heavy atom. The van der Waals surface area contributed by atoms with E-state index in [2.05, 4.69) is 4.98 Å². The van der Waals surface area contributed by atoms with E-state index in [1.165, 1.54) is 20.4 Å². The molecule has 7 heteroatoms. The molecule has 0 amide bonds. The van der Waals surface area contributed by atoms with Gasteiger partial charge in [0.25, 0.3) is 0 Å². The third-order valence-corrected chi connectivity index (χ3v) is 3.75. The maximum Gasteiger partial charge on any atom is 0.442 e. The monoisotopic (exact) mass is 220 g/mol. The summed E-state index contributed by atoms with van der Waals surface area (Å²) in [5.74, 6) is 0. The van der Waals surface area contributed by atoms with Gasteiger partial charge in [-0.25, -0.2) is 13.7 Å². The van der Waals surface area contributed by atoms with Crippen LogP contribution in [0.15, 0.2) is 11.0 Å². The van der Waals surface area contributed by atoms with Crippen LogP contribution in [-0.4, -0.2) is 23.5 Å². The van der Waals surface area contributed by atoms with Crippen LogP contribution >= 0.6 is 7.75 Å². The Bertz CT molecular complexity index is 400. The SMILES string of the molecule is CCc1c[nH]c(=O)n1P(=O)(OC)OC. The standard InChI is InChI=1S/C7H13N2O4P/c1-4-6-5-8-7(10)9(6)14(11,12-2)13-3/h5H,4H2,1-3H3,(H,8,10). The number of rotatable bonds is 4. The number of hydrogen-bond acceptors (Lipinski definition) is 4. The van der Waals surface area contributed by atoms with Crippen LogP contribution in [0.2, 0.25) is 0 Å². The zero-order chi connectivity index (χ0) is 10.8. The molecule has 0 radical (unpaired) electrons. The van der Waals surface area contributed by atoms with Gasteiger partial charge in [-0.2, -0.15) is 0 Å². The highest BCUT2D eigenvalue weighted by Gasteiger charge is 2.28. The van der Waals surface area contributed by atoms with Crippen molar-refractivity contribution in [3.8, 4) is 0 Å². The topological polar surface area (TPSA) is 73.3 Å². The van der Waals surface area contributed by atoms with Crippen molar-refractivity contribution in [2.45, 2.75) is 13.3 Å². The number of aryl methyl sites for hydroxylation is 1. The first kappa shape index (κ1) is 11.2. The molecular weight excluding hydrogens is 207 g/mol. The van der Waals surface area contributed by atoms with Crippen molar-refractivity contribution in [1.82, 2.24) is 9.32 Å². The number of H-pyrrole nitrogens is 1. The van der Waals surface area contributed by atoms with Crippen LogP contribution in [0.3, 0.4) is 0 Å². The van der Waals surface area contributed by atoms with E-state index < -0.39 is 13.4 Å². The average molecular weight is 220 g/mol. The Balaban J connectivity index is 3.36. The zero-order valence-corrected chi connectivity index (χ0v) is 9.21. The molecule has 0 aliphatic heterocycles. The van der Waals surface area contributed by atoms with E-state index in [1.54, 1.807) is 0 Å². The molecular formula is C7H13N2O4P. The van der Waals surface area contributed by atoms with Crippen molar-refractivity contribution in [2.75, 3.05) is 14.2 Å². The number of aromatic amines is 1. The summed E-state index contributed by atoms with van der Waals surface area (Å²) < 4.78 is 22.4. The lowest BCUT2D eigenvalue weighted by Crippen LogP contribution is -2.18. The van der Waals surface area contributed by atoms with Gasteiger partial charge in [0.2, 0.25) is 0 Å². The quantitative estimate of drug-likeness (QED) is 0.768. The summed E-state index contributed by atoms with van der Waals surface area (Å²) in [6.07, 6.45) is 2.06.